The Kier molecular flexibility index (Phi) is 6.73. The first-order valence-electron chi connectivity index (χ1n) is 9.11. The lowest BCUT2D eigenvalue weighted by atomic mass is 10.1. The van der Waals surface area contributed by atoms with Gasteiger partial charge in [0.05, 0.1) is 9.82 Å². The van der Waals surface area contributed by atoms with Gasteiger partial charge >= 0.3 is 0 Å². The first-order chi connectivity index (χ1) is 14.7. The van der Waals surface area contributed by atoms with Crippen molar-refractivity contribution in [3.8, 4) is 0 Å². The van der Waals surface area contributed by atoms with E-state index < -0.39 is 20.9 Å². The fraction of sp³-hybridized carbons (Fsp3) is 0.211. The molecule has 0 fully saturated rings. The fourth-order valence-electron chi connectivity index (χ4n) is 2.75. The summed E-state index contributed by atoms with van der Waals surface area (Å²) in [5.41, 5.74) is 0.984. The third-order valence-electron chi connectivity index (χ3n) is 4.31. The molecule has 0 unspecified atom stereocenters. The second-order valence-corrected chi connectivity index (χ2v) is 9.47. The highest BCUT2D eigenvalue weighted by atomic mass is 32.2. The lowest BCUT2D eigenvalue weighted by Gasteiger charge is -2.06. The Morgan fingerprint density at radius 3 is 2.52 bits per heavy atom. The van der Waals surface area contributed by atoms with Crippen molar-refractivity contribution in [1.29, 1.82) is 0 Å². The summed E-state index contributed by atoms with van der Waals surface area (Å²) in [6, 6.07) is 11.0. The van der Waals surface area contributed by atoms with Crippen molar-refractivity contribution in [3.63, 3.8) is 0 Å². The van der Waals surface area contributed by atoms with Gasteiger partial charge in [-0.3, -0.25) is 20.2 Å². The van der Waals surface area contributed by atoms with Gasteiger partial charge < -0.3 is 0 Å². The van der Waals surface area contributed by atoms with Gasteiger partial charge in [-0.1, -0.05) is 41.2 Å². The minimum absolute atomic E-state index is 0.0763. The zero-order chi connectivity index (χ0) is 22.6. The molecule has 10 nitrogen and oxygen atoms in total. The van der Waals surface area contributed by atoms with Crippen LogP contribution in [0.3, 0.4) is 0 Å². The number of aromatic nitrogens is 2. The molecule has 0 spiro atoms. The predicted octanol–water partition coefficient (Wildman–Crippen LogP) is 2.84. The normalized spacial score (nSPS) is 11.3. The van der Waals surface area contributed by atoms with Gasteiger partial charge in [0, 0.05) is 18.5 Å². The van der Waals surface area contributed by atoms with Crippen LogP contribution in [0.1, 0.15) is 26.5 Å². The summed E-state index contributed by atoms with van der Waals surface area (Å²) >= 11 is 1.06. The molecule has 12 heteroatoms. The number of anilines is 1. The van der Waals surface area contributed by atoms with Crippen LogP contribution in [-0.4, -0.2) is 36.0 Å². The van der Waals surface area contributed by atoms with E-state index in [0.717, 1.165) is 16.9 Å². The maximum atomic E-state index is 12.5. The standard InChI is InChI=1S/C19H19N5O5S2/c1-12-6-8-14(9-7-12)31(28,29)20-11-10-16-22-23-19(30-16)21-18(25)15-5-3-4-13(2)17(15)24(26)27/h3-9,20H,10-11H2,1-2H3,(H,21,23,25). The van der Waals surface area contributed by atoms with Crippen LogP contribution in [0.25, 0.3) is 0 Å². The Morgan fingerprint density at radius 1 is 1.13 bits per heavy atom. The number of sulfonamides is 1. The third-order valence-corrected chi connectivity index (χ3v) is 6.69. The first-order valence-corrected chi connectivity index (χ1v) is 11.4. The van der Waals surface area contributed by atoms with Crippen LogP contribution >= 0.6 is 11.3 Å². The van der Waals surface area contributed by atoms with Crippen LogP contribution in [0.2, 0.25) is 0 Å². The number of carbonyl (C=O) groups is 1. The number of para-hydroxylation sites is 1. The summed E-state index contributed by atoms with van der Waals surface area (Å²) in [6.07, 6.45) is 0.267. The largest absolute Gasteiger partial charge is 0.296 e. The van der Waals surface area contributed by atoms with E-state index in [2.05, 4.69) is 20.2 Å². The number of nitrogens with one attached hydrogen (secondary N) is 2. The minimum Gasteiger partial charge on any atom is -0.296 e. The number of hydrogen-bond donors (Lipinski definition) is 2. The summed E-state index contributed by atoms with van der Waals surface area (Å²) in [6.45, 7) is 3.52. The first kappa shape index (κ1) is 22.5. The molecule has 0 aliphatic rings. The van der Waals surface area contributed by atoms with E-state index in [1.807, 2.05) is 6.92 Å². The van der Waals surface area contributed by atoms with Gasteiger partial charge in [-0.2, -0.15) is 0 Å². The lowest BCUT2D eigenvalue weighted by Crippen LogP contribution is -2.25. The second-order valence-electron chi connectivity index (χ2n) is 6.64. The molecule has 2 N–H and O–H groups in total. The van der Waals surface area contributed by atoms with Gasteiger partial charge in [0.25, 0.3) is 11.6 Å². The quantitative estimate of drug-likeness (QED) is 0.388. The third kappa shape index (κ3) is 5.48. The van der Waals surface area contributed by atoms with Gasteiger partial charge in [0.15, 0.2) is 0 Å². The molecule has 0 bridgehead atoms. The highest BCUT2D eigenvalue weighted by molar-refractivity contribution is 7.89. The highest BCUT2D eigenvalue weighted by Crippen LogP contribution is 2.25. The molecule has 1 aromatic heterocycles. The average molecular weight is 462 g/mol. The molecular weight excluding hydrogens is 442 g/mol. The Hall–Kier alpha value is -3.22. The highest BCUT2D eigenvalue weighted by Gasteiger charge is 2.23. The van der Waals surface area contributed by atoms with E-state index in [1.54, 1.807) is 31.2 Å². The van der Waals surface area contributed by atoms with Gasteiger partial charge in [-0.15, -0.1) is 10.2 Å². The number of nitro groups is 1. The van der Waals surface area contributed by atoms with E-state index in [4.69, 9.17) is 0 Å². The minimum atomic E-state index is -3.64. The van der Waals surface area contributed by atoms with Crippen molar-refractivity contribution in [1.82, 2.24) is 14.9 Å². The summed E-state index contributed by atoms with van der Waals surface area (Å²) in [5, 5.41) is 22.2. The molecule has 0 aliphatic heterocycles. The molecule has 31 heavy (non-hydrogen) atoms. The Balaban J connectivity index is 1.61. The zero-order valence-corrected chi connectivity index (χ0v) is 18.3. The van der Waals surface area contributed by atoms with Crippen LogP contribution in [0.15, 0.2) is 47.4 Å². The molecule has 162 valence electrons. The maximum Gasteiger partial charge on any atom is 0.285 e. The smallest absolute Gasteiger partial charge is 0.285 e. The predicted molar refractivity (Wildman–Crippen MR) is 116 cm³/mol. The number of carbonyl (C=O) groups excluding carboxylic acids is 1. The van der Waals surface area contributed by atoms with Crippen LogP contribution in [0, 0.1) is 24.0 Å². The molecule has 1 heterocycles. The number of nitro benzene ring substituents is 1. The van der Waals surface area contributed by atoms with E-state index in [0.29, 0.717) is 10.6 Å². The molecule has 3 aromatic rings. The zero-order valence-electron chi connectivity index (χ0n) is 16.7. The van der Waals surface area contributed by atoms with Gasteiger partial charge in [-0.25, -0.2) is 13.1 Å². The van der Waals surface area contributed by atoms with Crippen molar-refractivity contribution in [3.05, 3.63) is 74.3 Å². The van der Waals surface area contributed by atoms with Crippen LogP contribution in [-0.2, 0) is 16.4 Å². The average Bonchev–Trinajstić information content (AvgIpc) is 3.14. The maximum absolute atomic E-state index is 12.5. The molecule has 2 aromatic carbocycles. The molecule has 0 saturated heterocycles. The number of benzene rings is 2. The van der Waals surface area contributed by atoms with Crippen LogP contribution < -0.4 is 10.0 Å². The van der Waals surface area contributed by atoms with Gasteiger partial charge in [-0.05, 0) is 32.0 Å². The van der Waals surface area contributed by atoms with Crippen molar-refractivity contribution in [2.75, 3.05) is 11.9 Å². The summed E-state index contributed by atoms with van der Waals surface area (Å²) in [5.74, 6) is -0.668. The number of amides is 1. The summed E-state index contributed by atoms with van der Waals surface area (Å²) in [4.78, 5) is 23.3. The molecule has 0 saturated carbocycles. The van der Waals surface area contributed by atoms with E-state index in [9.17, 15) is 23.3 Å². The van der Waals surface area contributed by atoms with E-state index in [-0.39, 0.29) is 34.2 Å². The molecular formula is C19H19N5O5S2. The fourth-order valence-corrected chi connectivity index (χ4v) is 4.51. The van der Waals surface area contributed by atoms with Crippen molar-refractivity contribution in [2.24, 2.45) is 0 Å². The Labute approximate surface area is 182 Å². The van der Waals surface area contributed by atoms with Crippen molar-refractivity contribution in [2.45, 2.75) is 25.2 Å². The number of hydrogen-bond acceptors (Lipinski definition) is 8. The second kappa shape index (κ2) is 9.29. The summed E-state index contributed by atoms with van der Waals surface area (Å²) < 4.78 is 27.1. The van der Waals surface area contributed by atoms with E-state index in [1.165, 1.54) is 18.2 Å². The van der Waals surface area contributed by atoms with Crippen LogP contribution in [0.4, 0.5) is 10.8 Å². The van der Waals surface area contributed by atoms with Crippen molar-refractivity contribution >= 4 is 38.1 Å². The van der Waals surface area contributed by atoms with E-state index >= 15 is 0 Å². The topological polar surface area (TPSA) is 144 Å². The Bertz CT molecular complexity index is 1220. The molecule has 0 radical (unpaired) electrons. The van der Waals surface area contributed by atoms with Gasteiger partial charge in [0.2, 0.25) is 15.2 Å². The molecule has 0 aliphatic carbocycles. The number of rotatable bonds is 8. The lowest BCUT2D eigenvalue weighted by molar-refractivity contribution is -0.385. The summed E-state index contributed by atoms with van der Waals surface area (Å²) in [7, 11) is -3.64. The van der Waals surface area contributed by atoms with Crippen LogP contribution in [0.5, 0.6) is 0 Å². The molecule has 3 rings (SSSR count). The molecule has 0 atom stereocenters. The van der Waals surface area contributed by atoms with Gasteiger partial charge in [0.1, 0.15) is 10.6 Å². The SMILES string of the molecule is Cc1ccc(S(=O)(=O)NCCc2nnc(NC(=O)c3cccc(C)c3[N+](=O)[O-])s2)cc1. The number of nitrogens with zero attached hydrogens (tertiary/aromatic N) is 3. The number of aryl methyl sites for hydroxylation is 2. The van der Waals surface area contributed by atoms with Crippen molar-refractivity contribution < 1.29 is 18.1 Å². The molecule has 1 amide bonds. The Morgan fingerprint density at radius 2 is 1.84 bits per heavy atom. The monoisotopic (exact) mass is 461 g/mol.